The van der Waals surface area contributed by atoms with E-state index in [1.165, 1.54) is 31.2 Å². The maximum Gasteiger partial charge on any atom is 0.348 e. The van der Waals surface area contributed by atoms with Gasteiger partial charge in [0.25, 0.3) is 0 Å². The molecule has 0 radical (unpaired) electrons. The summed E-state index contributed by atoms with van der Waals surface area (Å²) in [7, 11) is 0. The first-order valence-electron chi connectivity index (χ1n) is 9.05. The topological polar surface area (TPSA) is 151 Å². The highest BCUT2D eigenvalue weighted by Gasteiger charge is 2.52. The normalized spacial score (nSPS) is 18.8. The van der Waals surface area contributed by atoms with Crippen molar-refractivity contribution in [3.8, 4) is 0 Å². The molecule has 1 saturated heterocycles. The number of carboxylic acid groups (broad SMARTS) is 1. The number of benzene rings is 1. The van der Waals surface area contributed by atoms with Gasteiger partial charge in [-0.15, -0.1) is 0 Å². The molecule has 0 amide bonds. The summed E-state index contributed by atoms with van der Waals surface area (Å²) in [5.74, 6) is -3.11. The minimum Gasteiger partial charge on any atom is -0.478 e. The zero-order valence-corrected chi connectivity index (χ0v) is 15.6. The van der Waals surface area contributed by atoms with Crippen LogP contribution in [0.3, 0.4) is 0 Å². The quantitative estimate of drug-likeness (QED) is 0.119. The molecular formula is C19H25N3O6. The summed E-state index contributed by atoms with van der Waals surface area (Å²) in [4.78, 5) is 36.5. The average Bonchev–Trinajstić information content (AvgIpc) is 2.71. The molecule has 28 heavy (non-hydrogen) atoms. The number of rotatable bonds is 9. The first kappa shape index (κ1) is 21.5. The molecule has 0 bridgehead atoms. The van der Waals surface area contributed by atoms with E-state index in [4.69, 9.17) is 15.7 Å². The summed E-state index contributed by atoms with van der Waals surface area (Å²) in [6.07, 6.45) is 1.18. The van der Waals surface area contributed by atoms with Crippen molar-refractivity contribution in [1.82, 2.24) is 5.32 Å². The molecular weight excluding hydrogens is 366 g/mol. The van der Waals surface area contributed by atoms with Gasteiger partial charge in [0.15, 0.2) is 11.6 Å². The number of nitrogens with zero attached hydrogens (tertiary/aromatic N) is 1. The summed E-state index contributed by atoms with van der Waals surface area (Å²) < 4.78 is 5.97. The van der Waals surface area contributed by atoms with Crippen LogP contribution < -0.4 is 11.1 Å². The predicted octanol–water partition coefficient (Wildman–Crippen LogP) is 0.624. The molecule has 1 aliphatic heterocycles. The number of oxime groups is 1. The van der Waals surface area contributed by atoms with Crippen molar-refractivity contribution < 1.29 is 29.4 Å². The molecule has 2 atom stereocenters. The van der Waals surface area contributed by atoms with Crippen molar-refractivity contribution in [1.29, 1.82) is 0 Å². The molecule has 2 rings (SSSR count). The van der Waals surface area contributed by atoms with Gasteiger partial charge in [0.05, 0.1) is 6.10 Å². The average molecular weight is 391 g/mol. The summed E-state index contributed by atoms with van der Waals surface area (Å²) in [5, 5.41) is 24.9. The van der Waals surface area contributed by atoms with Gasteiger partial charge in [0, 0.05) is 23.5 Å². The van der Waals surface area contributed by atoms with Gasteiger partial charge in [0.1, 0.15) is 6.29 Å². The number of aliphatic carboxylic acids is 1. The van der Waals surface area contributed by atoms with Crippen LogP contribution in [0, 0.1) is 5.92 Å². The van der Waals surface area contributed by atoms with Gasteiger partial charge in [0.2, 0.25) is 5.60 Å². The fraction of sp³-hybridized carbons (Fsp3) is 0.474. The first-order valence-corrected chi connectivity index (χ1v) is 9.05. The summed E-state index contributed by atoms with van der Waals surface area (Å²) in [5.41, 5.74) is 3.79. The van der Waals surface area contributed by atoms with Crippen molar-refractivity contribution in [2.45, 2.75) is 37.9 Å². The lowest BCUT2D eigenvalue weighted by atomic mass is 9.81. The van der Waals surface area contributed by atoms with Crippen LogP contribution in [0.4, 0.5) is 0 Å². The second-order valence-corrected chi connectivity index (χ2v) is 6.78. The minimum atomic E-state index is -2.24. The molecule has 0 spiro atoms. The van der Waals surface area contributed by atoms with E-state index in [0.717, 1.165) is 0 Å². The third kappa shape index (κ3) is 4.37. The van der Waals surface area contributed by atoms with Gasteiger partial charge in [-0.25, -0.2) is 4.79 Å². The highest BCUT2D eigenvalue weighted by Crippen LogP contribution is 2.34. The number of ether oxygens (including phenoxy) is 1. The van der Waals surface area contributed by atoms with E-state index in [0.29, 0.717) is 37.8 Å². The lowest BCUT2D eigenvalue weighted by molar-refractivity contribution is -0.186. The van der Waals surface area contributed by atoms with Gasteiger partial charge in [-0.05, 0) is 25.9 Å². The number of nitrogens with one attached hydrogen (secondary N) is 1. The van der Waals surface area contributed by atoms with Crippen molar-refractivity contribution in [2.24, 2.45) is 16.8 Å². The van der Waals surface area contributed by atoms with Gasteiger partial charge in [-0.1, -0.05) is 36.3 Å². The zero-order valence-electron chi connectivity index (χ0n) is 15.6. The number of amidine groups is 1. The minimum absolute atomic E-state index is 0.106. The molecule has 0 saturated carbocycles. The standard InChI is InChI=1S/C19H25N3O6/c1-12(8-11-23)16(24)19(18(25)26,28-15-6-9-21-10-7-15)14-4-2-13(3-5-14)17(20)22-27/h2-5,11-12,15,21,27H,6-10H2,1H3,(H2,20,22)(H,25,26). The number of ketones is 1. The third-order valence-corrected chi connectivity index (χ3v) is 4.87. The first-order chi connectivity index (χ1) is 13.4. The number of piperidine rings is 1. The monoisotopic (exact) mass is 391 g/mol. The Kier molecular flexibility index (Phi) is 7.24. The smallest absolute Gasteiger partial charge is 0.348 e. The van der Waals surface area contributed by atoms with E-state index in [9.17, 15) is 19.5 Å². The number of aldehydes is 1. The SMILES string of the molecule is CC(CC=O)C(=O)C(OC1CCNCC1)(C(=O)O)c1ccc(C(N)=NO)cc1. The summed E-state index contributed by atoms with van der Waals surface area (Å²) >= 11 is 0. The Morgan fingerprint density at radius 1 is 1.36 bits per heavy atom. The van der Waals surface area contributed by atoms with E-state index < -0.39 is 29.4 Å². The third-order valence-electron chi connectivity index (χ3n) is 4.87. The fourth-order valence-electron chi connectivity index (χ4n) is 3.24. The molecule has 1 aromatic carbocycles. The number of carbonyl (C=O) groups is 3. The van der Waals surface area contributed by atoms with Crippen molar-refractivity contribution in [2.75, 3.05) is 13.1 Å². The number of Topliss-reactive ketones (excluding diaryl/α,β-unsaturated/α-hetero) is 1. The van der Waals surface area contributed by atoms with Crippen LogP contribution in [-0.2, 0) is 24.7 Å². The molecule has 2 unspecified atom stereocenters. The Bertz CT molecular complexity index is 743. The maximum absolute atomic E-state index is 13.2. The number of carboxylic acids is 1. The molecule has 1 heterocycles. The number of nitrogens with two attached hydrogens (primary N) is 1. The zero-order chi connectivity index (χ0) is 20.7. The van der Waals surface area contributed by atoms with Crippen LogP contribution in [0.1, 0.15) is 37.3 Å². The molecule has 152 valence electrons. The maximum atomic E-state index is 13.2. The Labute approximate surface area is 162 Å². The number of hydrogen-bond acceptors (Lipinski definition) is 7. The Hall–Kier alpha value is -2.78. The molecule has 5 N–H and O–H groups in total. The predicted molar refractivity (Wildman–Crippen MR) is 100 cm³/mol. The van der Waals surface area contributed by atoms with E-state index in [1.54, 1.807) is 0 Å². The van der Waals surface area contributed by atoms with Crippen molar-refractivity contribution >= 4 is 23.9 Å². The molecule has 9 nitrogen and oxygen atoms in total. The fourth-order valence-corrected chi connectivity index (χ4v) is 3.24. The summed E-state index contributed by atoms with van der Waals surface area (Å²) in [6, 6.07) is 5.72. The Balaban J connectivity index is 2.52. The highest BCUT2D eigenvalue weighted by atomic mass is 16.5. The second kappa shape index (κ2) is 9.43. The van der Waals surface area contributed by atoms with E-state index in [-0.39, 0.29) is 17.8 Å². The molecule has 0 aromatic heterocycles. The van der Waals surface area contributed by atoms with Gasteiger partial charge in [-0.3, -0.25) is 4.79 Å². The lowest BCUT2D eigenvalue weighted by Gasteiger charge is -2.36. The highest BCUT2D eigenvalue weighted by molar-refractivity contribution is 6.09. The van der Waals surface area contributed by atoms with E-state index in [2.05, 4.69) is 10.5 Å². The van der Waals surface area contributed by atoms with Gasteiger partial charge >= 0.3 is 5.97 Å². The van der Waals surface area contributed by atoms with Gasteiger partial charge in [-0.2, -0.15) is 0 Å². The molecule has 1 aromatic rings. The molecule has 1 fully saturated rings. The van der Waals surface area contributed by atoms with Crippen LogP contribution in [0.2, 0.25) is 0 Å². The number of carbonyl (C=O) groups excluding carboxylic acids is 2. The van der Waals surface area contributed by atoms with Crippen LogP contribution in [0.15, 0.2) is 29.4 Å². The lowest BCUT2D eigenvalue weighted by Crippen LogP contribution is -2.52. The van der Waals surface area contributed by atoms with Crippen LogP contribution in [-0.4, -0.2) is 53.4 Å². The largest absolute Gasteiger partial charge is 0.478 e. The van der Waals surface area contributed by atoms with Crippen LogP contribution >= 0.6 is 0 Å². The van der Waals surface area contributed by atoms with E-state index in [1.807, 2.05) is 0 Å². The van der Waals surface area contributed by atoms with Crippen LogP contribution in [0.25, 0.3) is 0 Å². The molecule has 9 heteroatoms. The van der Waals surface area contributed by atoms with Crippen LogP contribution in [0.5, 0.6) is 0 Å². The van der Waals surface area contributed by atoms with Crippen molar-refractivity contribution in [3.63, 3.8) is 0 Å². The molecule has 0 aliphatic carbocycles. The van der Waals surface area contributed by atoms with E-state index >= 15 is 0 Å². The Morgan fingerprint density at radius 2 is 1.96 bits per heavy atom. The van der Waals surface area contributed by atoms with Gasteiger partial charge < -0.3 is 30.9 Å². The second-order valence-electron chi connectivity index (χ2n) is 6.78. The molecule has 1 aliphatic rings. The Morgan fingerprint density at radius 3 is 2.46 bits per heavy atom. The summed E-state index contributed by atoms with van der Waals surface area (Å²) in [6.45, 7) is 2.81. The number of hydrogen-bond donors (Lipinski definition) is 4. The van der Waals surface area contributed by atoms with Crippen molar-refractivity contribution in [3.05, 3.63) is 35.4 Å².